The molecule has 0 saturated carbocycles. The lowest BCUT2D eigenvalue weighted by molar-refractivity contribution is 0.0185. The molecule has 0 bridgehead atoms. The van der Waals surface area contributed by atoms with Crippen molar-refractivity contribution in [1.29, 1.82) is 0 Å². The molecule has 5 heteroatoms. The van der Waals surface area contributed by atoms with Gasteiger partial charge in [0.15, 0.2) is 0 Å². The van der Waals surface area contributed by atoms with Crippen molar-refractivity contribution >= 4 is 0 Å². The molecule has 0 heterocycles. The molecule has 1 atom stereocenters. The monoisotopic (exact) mass is 197 g/mol. The summed E-state index contributed by atoms with van der Waals surface area (Å²) in [5.41, 5.74) is 0. The number of aliphatic hydroxyl groups is 1. The fraction of sp³-hybridized carbons (Fsp3) is 1.00. The number of hydrogen-bond donors (Lipinski definition) is 2. The molecular weight excluding hydrogens is 180 g/mol. The van der Waals surface area contributed by atoms with Crippen LogP contribution in [0.15, 0.2) is 0 Å². The largest absolute Gasteiger partial charge is 0.396 e. The predicted octanol–water partition coefficient (Wildman–Crippen LogP) is 0.486. The van der Waals surface area contributed by atoms with Crippen LogP contribution in [-0.2, 0) is 4.74 Å². The number of alkyl halides is 2. The molecule has 1 unspecified atom stereocenters. The van der Waals surface area contributed by atoms with Gasteiger partial charge in [-0.2, -0.15) is 0 Å². The third-order valence-corrected chi connectivity index (χ3v) is 1.47. The standard InChI is InChI=1S/C8H17F2NO2/c1-7(5-12)4-11-2-3-13-6-8(9)10/h7-8,11-12H,2-6H2,1H3. The molecule has 0 aromatic carbocycles. The summed E-state index contributed by atoms with van der Waals surface area (Å²) in [5.74, 6) is 0.190. The minimum atomic E-state index is -2.39. The van der Waals surface area contributed by atoms with Gasteiger partial charge in [-0.25, -0.2) is 8.78 Å². The van der Waals surface area contributed by atoms with E-state index >= 15 is 0 Å². The molecule has 80 valence electrons. The van der Waals surface area contributed by atoms with E-state index in [1.54, 1.807) is 0 Å². The SMILES string of the molecule is CC(CO)CNCCOCC(F)F. The highest BCUT2D eigenvalue weighted by Crippen LogP contribution is 1.91. The van der Waals surface area contributed by atoms with Gasteiger partial charge in [0.05, 0.1) is 6.61 Å². The number of halogens is 2. The second kappa shape index (κ2) is 8.34. The van der Waals surface area contributed by atoms with Gasteiger partial charge in [-0.15, -0.1) is 0 Å². The predicted molar refractivity (Wildman–Crippen MR) is 45.9 cm³/mol. The van der Waals surface area contributed by atoms with Crippen LogP contribution in [0.4, 0.5) is 8.78 Å². The van der Waals surface area contributed by atoms with Crippen molar-refractivity contribution in [3.63, 3.8) is 0 Å². The molecular formula is C8H17F2NO2. The number of nitrogens with one attached hydrogen (secondary N) is 1. The number of ether oxygens (including phenoxy) is 1. The summed E-state index contributed by atoms with van der Waals surface area (Å²) in [7, 11) is 0. The number of rotatable bonds is 8. The first-order valence-corrected chi connectivity index (χ1v) is 4.34. The van der Waals surface area contributed by atoms with Gasteiger partial charge in [-0.1, -0.05) is 6.92 Å². The average molecular weight is 197 g/mol. The highest BCUT2D eigenvalue weighted by Gasteiger charge is 2.01. The van der Waals surface area contributed by atoms with Crippen LogP contribution < -0.4 is 5.32 Å². The van der Waals surface area contributed by atoms with Crippen LogP contribution in [0.3, 0.4) is 0 Å². The lowest BCUT2D eigenvalue weighted by Crippen LogP contribution is -2.27. The summed E-state index contributed by atoms with van der Waals surface area (Å²) in [6.45, 7) is 3.02. The van der Waals surface area contributed by atoms with Crippen molar-refractivity contribution in [2.75, 3.05) is 32.9 Å². The van der Waals surface area contributed by atoms with Gasteiger partial charge in [0.2, 0.25) is 0 Å². The topological polar surface area (TPSA) is 41.5 Å². The molecule has 3 nitrogen and oxygen atoms in total. The van der Waals surface area contributed by atoms with Gasteiger partial charge in [0.1, 0.15) is 6.61 Å². The van der Waals surface area contributed by atoms with Crippen LogP contribution in [0.2, 0.25) is 0 Å². The Hall–Kier alpha value is -0.260. The summed E-state index contributed by atoms with van der Waals surface area (Å²) in [6.07, 6.45) is -2.39. The van der Waals surface area contributed by atoms with Gasteiger partial charge in [-0.3, -0.25) is 0 Å². The molecule has 0 aliphatic heterocycles. The Balaban J connectivity index is 2.99. The minimum Gasteiger partial charge on any atom is -0.396 e. The number of hydrogen-bond acceptors (Lipinski definition) is 3. The van der Waals surface area contributed by atoms with Crippen molar-refractivity contribution < 1.29 is 18.6 Å². The van der Waals surface area contributed by atoms with Crippen LogP contribution >= 0.6 is 0 Å². The van der Waals surface area contributed by atoms with Crippen molar-refractivity contribution in [1.82, 2.24) is 5.32 Å². The lowest BCUT2D eigenvalue weighted by atomic mass is 10.2. The maximum atomic E-state index is 11.5. The van der Waals surface area contributed by atoms with Crippen LogP contribution in [0.1, 0.15) is 6.92 Å². The molecule has 0 aliphatic carbocycles. The van der Waals surface area contributed by atoms with Crippen molar-refractivity contribution in [3.05, 3.63) is 0 Å². The Bertz CT molecular complexity index is 114. The first-order valence-electron chi connectivity index (χ1n) is 4.34. The molecule has 0 spiro atoms. The Labute approximate surface area is 77.1 Å². The van der Waals surface area contributed by atoms with E-state index in [1.807, 2.05) is 6.92 Å². The van der Waals surface area contributed by atoms with Crippen molar-refractivity contribution in [3.8, 4) is 0 Å². The smallest absolute Gasteiger partial charge is 0.261 e. The molecule has 13 heavy (non-hydrogen) atoms. The highest BCUT2D eigenvalue weighted by molar-refractivity contribution is 4.54. The fourth-order valence-electron chi connectivity index (χ4n) is 0.730. The van der Waals surface area contributed by atoms with E-state index in [2.05, 4.69) is 10.1 Å². The third-order valence-electron chi connectivity index (χ3n) is 1.47. The average Bonchev–Trinajstić information content (AvgIpc) is 2.10. The van der Waals surface area contributed by atoms with E-state index in [9.17, 15) is 8.78 Å². The maximum absolute atomic E-state index is 11.5. The Kier molecular flexibility index (Phi) is 8.18. The van der Waals surface area contributed by atoms with E-state index < -0.39 is 13.0 Å². The first kappa shape index (κ1) is 12.7. The van der Waals surface area contributed by atoms with Gasteiger partial charge in [0, 0.05) is 13.2 Å². The minimum absolute atomic E-state index is 0.130. The Morgan fingerprint density at radius 1 is 1.46 bits per heavy atom. The summed E-state index contributed by atoms with van der Waals surface area (Å²) in [4.78, 5) is 0. The van der Waals surface area contributed by atoms with Gasteiger partial charge < -0.3 is 15.2 Å². The lowest BCUT2D eigenvalue weighted by Gasteiger charge is -2.09. The molecule has 0 fully saturated rings. The Morgan fingerprint density at radius 2 is 2.15 bits per heavy atom. The molecule has 0 aliphatic rings. The third kappa shape index (κ3) is 9.66. The van der Waals surface area contributed by atoms with E-state index in [0.717, 1.165) is 0 Å². The zero-order valence-corrected chi connectivity index (χ0v) is 7.80. The zero-order chi connectivity index (χ0) is 10.1. The second-order valence-electron chi connectivity index (χ2n) is 2.96. The molecule has 2 N–H and O–H groups in total. The van der Waals surface area contributed by atoms with E-state index in [1.165, 1.54) is 0 Å². The van der Waals surface area contributed by atoms with Gasteiger partial charge in [0.25, 0.3) is 6.43 Å². The highest BCUT2D eigenvalue weighted by atomic mass is 19.3. The summed E-state index contributed by atoms with van der Waals surface area (Å²) < 4.78 is 27.7. The van der Waals surface area contributed by atoms with E-state index in [4.69, 9.17) is 5.11 Å². The van der Waals surface area contributed by atoms with Crippen molar-refractivity contribution in [2.45, 2.75) is 13.3 Å². The second-order valence-corrected chi connectivity index (χ2v) is 2.96. The van der Waals surface area contributed by atoms with Crippen molar-refractivity contribution in [2.24, 2.45) is 5.92 Å². The zero-order valence-electron chi connectivity index (χ0n) is 7.80. The fourth-order valence-corrected chi connectivity index (χ4v) is 0.730. The molecule has 0 rings (SSSR count). The maximum Gasteiger partial charge on any atom is 0.261 e. The van der Waals surface area contributed by atoms with E-state index in [-0.39, 0.29) is 19.1 Å². The molecule has 0 saturated heterocycles. The normalized spacial score (nSPS) is 13.6. The number of aliphatic hydroxyl groups excluding tert-OH is 1. The molecule has 0 amide bonds. The summed E-state index contributed by atoms with van der Waals surface area (Å²) >= 11 is 0. The van der Waals surface area contributed by atoms with E-state index in [0.29, 0.717) is 13.1 Å². The molecule has 0 aromatic rings. The van der Waals surface area contributed by atoms with Crippen LogP contribution in [0.5, 0.6) is 0 Å². The summed E-state index contributed by atoms with van der Waals surface area (Å²) in [5, 5.41) is 11.6. The molecule has 0 aromatic heterocycles. The first-order chi connectivity index (χ1) is 6.16. The molecule has 0 radical (unpaired) electrons. The van der Waals surface area contributed by atoms with Crippen LogP contribution in [0.25, 0.3) is 0 Å². The van der Waals surface area contributed by atoms with Crippen LogP contribution in [-0.4, -0.2) is 44.4 Å². The quantitative estimate of drug-likeness (QED) is 0.556. The Morgan fingerprint density at radius 3 is 2.69 bits per heavy atom. The summed E-state index contributed by atoms with van der Waals surface area (Å²) in [6, 6.07) is 0. The van der Waals surface area contributed by atoms with Gasteiger partial charge >= 0.3 is 0 Å². The van der Waals surface area contributed by atoms with Gasteiger partial charge in [-0.05, 0) is 12.5 Å². The van der Waals surface area contributed by atoms with Crippen LogP contribution in [0, 0.1) is 5.92 Å².